The van der Waals surface area contributed by atoms with Gasteiger partial charge < -0.3 is 18.9 Å². The first kappa shape index (κ1) is 35.0. The van der Waals surface area contributed by atoms with Crippen molar-refractivity contribution in [2.45, 2.75) is 78.2 Å². The molecule has 3 rings (SSSR count). The van der Waals surface area contributed by atoms with Crippen LogP contribution in [0.25, 0.3) is 0 Å². The second-order valence-electron chi connectivity index (χ2n) is 8.32. The van der Waals surface area contributed by atoms with Gasteiger partial charge >= 0.3 is 0 Å². The van der Waals surface area contributed by atoms with E-state index < -0.39 is 11.0 Å². The zero-order valence-corrected chi connectivity index (χ0v) is 24.9. The Morgan fingerprint density at radius 2 is 1.59 bits per heavy atom. The normalized spacial score (nSPS) is 14.0. The predicted octanol–water partition coefficient (Wildman–Crippen LogP) is 3.78. The molecule has 2 atom stereocenters. The van der Waals surface area contributed by atoms with E-state index in [1.165, 1.54) is 12.8 Å². The summed E-state index contributed by atoms with van der Waals surface area (Å²) in [6.07, 6.45) is 8.50. The van der Waals surface area contributed by atoms with Crippen LogP contribution >= 0.6 is 0 Å². The van der Waals surface area contributed by atoms with E-state index in [9.17, 15) is 4.21 Å². The van der Waals surface area contributed by atoms with E-state index in [4.69, 9.17) is 18.9 Å². The van der Waals surface area contributed by atoms with Gasteiger partial charge in [0, 0.05) is 53.4 Å². The van der Waals surface area contributed by atoms with Crippen molar-refractivity contribution in [3.63, 3.8) is 0 Å². The lowest BCUT2D eigenvalue weighted by atomic mass is 10.3. The fourth-order valence-corrected chi connectivity index (χ4v) is 3.56. The third kappa shape index (κ3) is 15.8. The molecule has 0 saturated carbocycles. The zero-order chi connectivity index (χ0) is 28.1. The van der Waals surface area contributed by atoms with Crippen LogP contribution in [0.4, 0.5) is 5.95 Å². The Morgan fingerprint density at radius 1 is 1.05 bits per heavy atom. The second-order valence-corrected chi connectivity index (χ2v) is 9.92. The summed E-state index contributed by atoms with van der Waals surface area (Å²) in [6.45, 7) is 14.7. The Labute approximate surface area is 225 Å². The zero-order valence-electron chi connectivity index (χ0n) is 24.1. The molecule has 0 aliphatic carbocycles. The quantitative estimate of drug-likeness (QED) is 0.450. The summed E-state index contributed by atoms with van der Waals surface area (Å²) in [5, 5.41) is 7.70. The topological polar surface area (TPSA) is 123 Å². The van der Waals surface area contributed by atoms with E-state index in [1.54, 1.807) is 44.6 Å². The summed E-state index contributed by atoms with van der Waals surface area (Å²) in [5.74, 6) is 1.07. The maximum Gasteiger partial charge on any atom is 0.236 e. The van der Waals surface area contributed by atoms with Gasteiger partial charge in [0.2, 0.25) is 5.95 Å². The molecule has 0 amide bonds. The molecule has 214 valence electrons. The number of nitrogens with zero attached hydrogens (tertiary/aromatic N) is 5. The summed E-state index contributed by atoms with van der Waals surface area (Å²) in [6, 6.07) is -0.111. The molecule has 11 nitrogen and oxygen atoms in total. The third-order valence-corrected chi connectivity index (χ3v) is 6.13. The van der Waals surface area contributed by atoms with Crippen molar-refractivity contribution < 1.29 is 23.2 Å². The number of anilines is 1. The van der Waals surface area contributed by atoms with Crippen molar-refractivity contribution in [2.24, 2.45) is 0 Å². The molecule has 1 aliphatic heterocycles. The van der Waals surface area contributed by atoms with Crippen LogP contribution in [-0.4, -0.2) is 88.1 Å². The van der Waals surface area contributed by atoms with Crippen molar-refractivity contribution in [1.82, 2.24) is 24.7 Å². The monoisotopic (exact) mass is 544 g/mol. The highest BCUT2D eigenvalue weighted by Gasteiger charge is 2.20. The first-order valence-electron chi connectivity index (χ1n) is 12.7. The van der Waals surface area contributed by atoms with E-state index in [1.807, 2.05) is 41.5 Å². The molecule has 0 radical (unpaired) electrons. The number of aryl methyl sites for hydroxylation is 1. The number of ether oxygens (including phenoxy) is 4. The van der Waals surface area contributed by atoms with Crippen LogP contribution in [-0.2, 0) is 36.4 Å². The van der Waals surface area contributed by atoms with E-state index in [0.717, 1.165) is 18.8 Å². The lowest BCUT2D eigenvalue weighted by Gasteiger charge is -2.19. The van der Waals surface area contributed by atoms with Gasteiger partial charge in [-0.2, -0.15) is 0 Å². The Bertz CT molecular complexity index is 805. The molecule has 2 aromatic rings. The number of rotatable bonds is 11. The van der Waals surface area contributed by atoms with Gasteiger partial charge in [0.1, 0.15) is 23.1 Å². The molecule has 0 aromatic carbocycles. The lowest BCUT2D eigenvalue weighted by Crippen LogP contribution is -2.26. The van der Waals surface area contributed by atoms with Crippen LogP contribution in [0.3, 0.4) is 0 Å². The molecule has 2 unspecified atom stereocenters. The minimum absolute atomic E-state index is 0.111. The largest absolute Gasteiger partial charge is 0.382 e. The summed E-state index contributed by atoms with van der Waals surface area (Å²) in [7, 11) is 3.56. The Kier molecular flexibility index (Phi) is 20.9. The summed E-state index contributed by atoms with van der Waals surface area (Å²) in [4.78, 5) is 8.51. The maximum absolute atomic E-state index is 12.6. The molecule has 3 heterocycles. The highest BCUT2D eigenvalue weighted by atomic mass is 32.2. The van der Waals surface area contributed by atoms with Crippen LogP contribution in [0.2, 0.25) is 0 Å². The van der Waals surface area contributed by atoms with Gasteiger partial charge in [-0.3, -0.25) is 9.29 Å². The summed E-state index contributed by atoms with van der Waals surface area (Å²) in [5.41, 5.74) is 0.992. The highest BCUT2D eigenvalue weighted by Crippen LogP contribution is 2.15. The van der Waals surface area contributed by atoms with E-state index >= 15 is 0 Å². The molecule has 2 aromatic heterocycles. The van der Waals surface area contributed by atoms with Gasteiger partial charge in [-0.05, 0) is 46.1 Å². The molecule has 1 N–H and O–H groups in total. The number of hydrogen-bond acceptors (Lipinski definition) is 9. The molecule has 1 fully saturated rings. The van der Waals surface area contributed by atoms with Gasteiger partial charge in [-0.15, -0.1) is 10.2 Å². The molecule has 0 spiro atoms. The molecule has 12 heteroatoms. The van der Waals surface area contributed by atoms with Gasteiger partial charge in [-0.25, -0.2) is 14.2 Å². The van der Waals surface area contributed by atoms with E-state index in [0.29, 0.717) is 37.5 Å². The molecule has 1 saturated heterocycles. The molecule has 37 heavy (non-hydrogen) atoms. The fraction of sp³-hybridized carbons (Fsp3) is 0.760. The predicted molar refractivity (Wildman–Crippen MR) is 148 cm³/mol. The summed E-state index contributed by atoms with van der Waals surface area (Å²) >= 11 is 0. The molecular formula is C25H48N6O5S. The van der Waals surface area contributed by atoms with Crippen molar-refractivity contribution in [3.05, 3.63) is 30.1 Å². The SMILES string of the molecule is C1CCOC1.CC.COC(C)C.COCC(COC)n1cnnc1NS(=O)C(C)Cc1ncc(C)cn1. The summed E-state index contributed by atoms with van der Waals surface area (Å²) < 4.78 is 37.3. The van der Waals surface area contributed by atoms with Crippen molar-refractivity contribution in [1.29, 1.82) is 0 Å². The van der Waals surface area contributed by atoms with Gasteiger partial charge in [0.25, 0.3) is 0 Å². The lowest BCUT2D eigenvalue weighted by molar-refractivity contribution is 0.0902. The van der Waals surface area contributed by atoms with Crippen molar-refractivity contribution in [3.8, 4) is 0 Å². The number of nitrogens with one attached hydrogen (secondary N) is 1. The Morgan fingerprint density at radius 3 is 2.03 bits per heavy atom. The number of hydrogen-bond donors (Lipinski definition) is 1. The van der Waals surface area contributed by atoms with Gasteiger partial charge in [0.15, 0.2) is 0 Å². The van der Waals surface area contributed by atoms with Gasteiger partial charge in [-0.1, -0.05) is 13.8 Å². The number of methoxy groups -OCH3 is 3. The van der Waals surface area contributed by atoms with Crippen LogP contribution in [0, 0.1) is 6.92 Å². The van der Waals surface area contributed by atoms with E-state index in [2.05, 4.69) is 24.9 Å². The second kappa shape index (κ2) is 22.0. The molecular weight excluding hydrogens is 496 g/mol. The standard InChI is InChI=1S/C15H24N6O3S.C4H8O.C4H10O.C2H6/c1-11-6-16-14(17-7-11)5-12(2)25(22)20-15-19-18-10-21(15)13(8-23-3)9-24-4;1-2-4-5-3-1;1-4(2)5-3;1-2/h6-7,10,12-13H,5,8-9H2,1-4H3,(H,19,20);1-4H2;4H,1-3H3;1-2H3. The average molecular weight is 545 g/mol. The first-order chi connectivity index (χ1) is 17.8. The Hall–Kier alpha value is -1.99. The minimum Gasteiger partial charge on any atom is -0.382 e. The average Bonchev–Trinajstić information content (AvgIpc) is 3.62. The van der Waals surface area contributed by atoms with Crippen molar-refractivity contribution >= 4 is 16.9 Å². The minimum atomic E-state index is -1.37. The van der Waals surface area contributed by atoms with Crippen LogP contribution < -0.4 is 4.72 Å². The first-order valence-corrected chi connectivity index (χ1v) is 14.0. The van der Waals surface area contributed by atoms with Crippen LogP contribution in [0.5, 0.6) is 0 Å². The van der Waals surface area contributed by atoms with Crippen molar-refractivity contribution in [2.75, 3.05) is 52.5 Å². The number of aromatic nitrogens is 5. The Balaban J connectivity index is 0.000000892. The van der Waals surface area contributed by atoms with E-state index in [-0.39, 0.29) is 11.3 Å². The smallest absolute Gasteiger partial charge is 0.236 e. The van der Waals surface area contributed by atoms with Crippen LogP contribution in [0.1, 0.15) is 64.9 Å². The highest BCUT2D eigenvalue weighted by molar-refractivity contribution is 7.86. The molecule has 0 bridgehead atoms. The van der Waals surface area contributed by atoms with Crippen LogP contribution in [0.15, 0.2) is 18.7 Å². The maximum atomic E-state index is 12.6. The third-order valence-electron chi connectivity index (χ3n) is 4.85. The van der Waals surface area contributed by atoms with Gasteiger partial charge in [0.05, 0.1) is 30.6 Å². The fourth-order valence-electron chi connectivity index (χ4n) is 2.73. The molecule has 1 aliphatic rings.